The van der Waals surface area contributed by atoms with Crippen LogP contribution in [0.4, 0.5) is 0 Å². The van der Waals surface area contributed by atoms with Crippen molar-refractivity contribution in [1.82, 2.24) is 10.2 Å². The molecule has 2 rings (SSSR count). The molecule has 1 heterocycles. The third-order valence-electron chi connectivity index (χ3n) is 3.63. The van der Waals surface area contributed by atoms with Gasteiger partial charge in [0.05, 0.1) is 23.6 Å². The summed E-state index contributed by atoms with van der Waals surface area (Å²) in [5, 5.41) is 2.89. The number of carbonyl (C=O) groups is 2. The zero-order valence-electron chi connectivity index (χ0n) is 14.5. The number of thiophene rings is 1. The average molecular weight is 393 g/mol. The highest BCUT2D eigenvalue weighted by atomic mass is 35.5. The number of nitrogens with zero attached hydrogens (tertiary/aromatic N) is 1. The van der Waals surface area contributed by atoms with Gasteiger partial charge in [-0.2, -0.15) is 0 Å². The van der Waals surface area contributed by atoms with E-state index in [0.29, 0.717) is 25.2 Å². The van der Waals surface area contributed by atoms with Crippen LogP contribution < -0.4 is 5.32 Å². The fraction of sp³-hybridized carbons (Fsp3) is 0.263. The molecule has 1 aromatic carbocycles. The molecule has 5 nitrogen and oxygen atoms in total. The number of benzene rings is 1. The van der Waals surface area contributed by atoms with Gasteiger partial charge >= 0.3 is 5.97 Å². The highest BCUT2D eigenvalue weighted by Crippen LogP contribution is 2.22. The van der Waals surface area contributed by atoms with Crippen molar-refractivity contribution in [1.29, 1.82) is 0 Å². The Morgan fingerprint density at radius 1 is 1.27 bits per heavy atom. The van der Waals surface area contributed by atoms with Gasteiger partial charge in [0.15, 0.2) is 0 Å². The number of hydrogen-bond acceptors (Lipinski definition) is 5. The van der Waals surface area contributed by atoms with Crippen LogP contribution in [-0.2, 0) is 22.6 Å². The Labute approximate surface area is 162 Å². The predicted molar refractivity (Wildman–Crippen MR) is 104 cm³/mol. The molecule has 1 aromatic heterocycles. The first-order valence-corrected chi connectivity index (χ1v) is 9.22. The number of rotatable bonds is 9. The van der Waals surface area contributed by atoms with Crippen molar-refractivity contribution in [2.24, 2.45) is 0 Å². The van der Waals surface area contributed by atoms with Crippen molar-refractivity contribution in [2.75, 3.05) is 20.2 Å². The second kappa shape index (κ2) is 10.1. The smallest absolute Gasteiger partial charge is 0.337 e. The minimum Gasteiger partial charge on any atom is -0.465 e. The minimum absolute atomic E-state index is 0.0773. The van der Waals surface area contributed by atoms with Crippen LogP contribution >= 0.6 is 22.9 Å². The SMILES string of the molecule is C=CCN(CC(=O)NCc1ccc(C(=O)OC)cc1)Cc1ccc(Cl)s1. The van der Waals surface area contributed by atoms with Crippen LogP contribution in [0, 0.1) is 0 Å². The molecule has 26 heavy (non-hydrogen) atoms. The number of amides is 1. The van der Waals surface area contributed by atoms with Gasteiger partial charge in [0.1, 0.15) is 0 Å². The molecular formula is C19H21ClN2O3S. The summed E-state index contributed by atoms with van der Waals surface area (Å²) in [4.78, 5) is 26.7. The van der Waals surface area contributed by atoms with Gasteiger partial charge in [-0.1, -0.05) is 29.8 Å². The van der Waals surface area contributed by atoms with E-state index >= 15 is 0 Å². The Morgan fingerprint density at radius 2 is 2.00 bits per heavy atom. The van der Waals surface area contributed by atoms with Gasteiger partial charge in [0.2, 0.25) is 5.91 Å². The molecule has 7 heteroatoms. The first kappa shape index (κ1) is 20.2. The van der Waals surface area contributed by atoms with Gasteiger partial charge in [-0.3, -0.25) is 9.69 Å². The summed E-state index contributed by atoms with van der Waals surface area (Å²) < 4.78 is 5.40. The van der Waals surface area contributed by atoms with E-state index in [1.165, 1.54) is 18.4 Å². The number of methoxy groups -OCH3 is 1. The number of halogens is 1. The number of ether oxygens (including phenoxy) is 1. The molecule has 0 unspecified atom stereocenters. The lowest BCUT2D eigenvalue weighted by atomic mass is 10.1. The molecule has 138 valence electrons. The molecule has 1 N–H and O–H groups in total. The summed E-state index contributed by atoms with van der Waals surface area (Å²) in [5.41, 5.74) is 1.39. The quantitative estimate of drug-likeness (QED) is 0.524. The Morgan fingerprint density at radius 3 is 2.58 bits per heavy atom. The van der Waals surface area contributed by atoms with Crippen molar-refractivity contribution in [3.05, 3.63) is 69.4 Å². The van der Waals surface area contributed by atoms with Crippen molar-refractivity contribution in [3.63, 3.8) is 0 Å². The summed E-state index contributed by atoms with van der Waals surface area (Å²) in [7, 11) is 1.34. The number of hydrogen-bond donors (Lipinski definition) is 1. The fourth-order valence-corrected chi connectivity index (χ4v) is 3.49. The van der Waals surface area contributed by atoms with Gasteiger partial charge in [0.25, 0.3) is 0 Å². The second-order valence-electron chi connectivity index (χ2n) is 5.63. The summed E-state index contributed by atoms with van der Waals surface area (Å²) in [6, 6.07) is 10.8. The lowest BCUT2D eigenvalue weighted by Crippen LogP contribution is -2.36. The van der Waals surface area contributed by atoms with Crippen LogP contribution in [-0.4, -0.2) is 37.0 Å². The standard InChI is InChI=1S/C19H21ClN2O3S/c1-3-10-22(12-16-8-9-17(20)26-16)13-18(23)21-11-14-4-6-15(7-5-14)19(24)25-2/h3-9H,1,10-13H2,2H3,(H,21,23). The van der Waals surface area contributed by atoms with Crippen molar-refractivity contribution in [3.8, 4) is 0 Å². The van der Waals surface area contributed by atoms with Crippen LogP contribution in [0.1, 0.15) is 20.8 Å². The molecule has 0 spiro atoms. The van der Waals surface area contributed by atoms with E-state index in [1.807, 2.05) is 17.0 Å². The van der Waals surface area contributed by atoms with E-state index in [-0.39, 0.29) is 18.4 Å². The van der Waals surface area contributed by atoms with E-state index in [4.69, 9.17) is 11.6 Å². The summed E-state index contributed by atoms with van der Waals surface area (Å²) in [5.74, 6) is -0.458. The van der Waals surface area contributed by atoms with Crippen molar-refractivity contribution < 1.29 is 14.3 Å². The molecule has 0 aliphatic carbocycles. The van der Waals surface area contributed by atoms with Crippen LogP contribution in [0.15, 0.2) is 49.1 Å². The Hall–Kier alpha value is -2.15. The largest absolute Gasteiger partial charge is 0.465 e. The highest BCUT2D eigenvalue weighted by Gasteiger charge is 2.12. The third-order valence-corrected chi connectivity index (χ3v) is 4.84. The van der Waals surface area contributed by atoms with Gasteiger partial charge in [0, 0.05) is 24.5 Å². The Balaban J connectivity index is 1.85. The van der Waals surface area contributed by atoms with Crippen LogP contribution in [0.25, 0.3) is 0 Å². The van der Waals surface area contributed by atoms with E-state index in [0.717, 1.165) is 14.8 Å². The number of carbonyl (C=O) groups excluding carboxylic acids is 2. The van der Waals surface area contributed by atoms with E-state index < -0.39 is 0 Å². The lowest BCUT2D eigenvalue weighted by molar-refractivity contribution is -0.122. The first-order chi connectivity index (χ1) is 12.5. The molecule has 0 radical (unpaired) electrons. The van der Waals surface area contributed by atoms with Gasteiger partial charge in [-0.05, 0) is 29.8 Å². The molecule has 0 bridgehead atoms. The van der Waals surface area contributed by atoms with Crippen molar-refractivity contribution in [2.45, 2.75) is 13.1 Å². The molecule has 0 atom stereocenters. The van der Waals surface area contributed by atoms with Crippen molar-refractivity contribution >= 4 is 34.8 Å². The zero-order chi connectivity index (χ0) is 18.9. The first-order valence-electron chi connectivity index (χ1n) is 8.03. The zero-order valence-corrected chi connectivity index (χ0v) is 16.1. The molecule has 2 aromatic rings. The Kier molecular flexibility index (Phi) is 7.84. The third kappa shape index (κ3) is 6.29. The summed E-state index contributed by atoms with van der Waals surface area (Å²) in [6.45, 7) is 5.66. The monoisotopic (exact) mass is 392 g/mol. The van der Waals surface area contributed by atoms with Gasteiger partial charge in [-0.15, -0.1) is 17.9 Å². The average Bonchev–Trinajstić information content (AvgIpc) is 3.04. The molecule has 0 saturated heterocycles. The molecule has 0 aliphatic rings. The van der Waals surface area contributed by atoms with Gasteiger partial charge < -0.3 is 10.1 Å². The van der Waals surface area contributed by atoms with Gasteiger partial charge in [-0.25, -0.2) is 4.79 Å². The second-order valence-corrected chi connectivity index (χ2v) is 7.43. The fourth-order valence-electron chi connectivity index (χ4n) is 2.36. The van der Waals surface area contributed by atoms with E-state index in [2.05, 4.69) is 16.6 Å². The maximum Gasteiger partial charge on any atom is 0.337 e. The summed E-state index contributed by atoms with van der Waals surface area (Å²) in [6.07, 6.45) is 1.77. The summed E-state index contributed by atoms with van der Waals surface area (Å²) >= 11 is 7.46. The predicted octanol–water partition coefficient (Wildman–Crippen LogP) is 3.49. The van der Waals surface area contributed by atoms with Crippen LogP contribution in [0.5, 0.6) is 0 Å². The molecule has 0 saturated carbocycles. The Bertz CT molecular complexity index is 758. The van der Waals surface area contributed by atoms with Crippen LogP contribution in [0.2, 0.25) is 4.34 Å². The van der Waals surface area contributed by atoms with E-state index in [1.54, 1.807) is 30.3 Å². The van der Waals surface area contributed by atoms with Crippen LogP contribution in [0.3, 0.4) is 0 Å². The molecular weight excluding hydrogens is 372 g/mol. The maximum atomic E-state index is 12.2. The number of esters is 1. The molecule has 1 amide bonds. The maximum absolute atomic E-state index is 12.2. The normalized spacial score (nSPS) is 10.6. The topological polar surface area (TPSA) is 58.6 Å². The lowest BCUT2D eigenvalue weighted by Gasteiger charge is -2.19. The molecule has 0 aliphatic heterocycles. The van der Waals surface area contributed by atoms with E-state index in [9.17, 15) is 9.59 Å². The highest BCUT2D eigenvalue weighted by molar-refractivity contribution is 7.16. The minimum atomic E-state index is -0.380. The molecule has 0 fully saturated rings. The number of nitrogens with one attached hydrogen (secondary N) is 1.